The van der Waals surface area contributed by atoms with Gasteiger partial charge in [0.05, 0.1) is 5.75 Å². The van der Waals surface area contributed by atoms with Crippen LogP contribution in [-0.2, 0) is 18.4 Å². The average molecular weight is 389 g/mol. The van der Waals surface area contributed by atoms with Crippen molar-refractivity contribution >= 4 is 17.7 Å². The molecule has 0 bridgehead atoms. The lowest BCUT2D eigenvalue weighted by molar-refractivity contribution is -0.134. The Morgan fingerprint density at radius 1 is 1.19 bits per heavy atom. The Labute approximate surface area is 165 Å². The average Bonchev–Trinajstić information content (AvgIpc) is 2.99. The highest BCUT2D eigenvalue weighted by Crippen LogP contribution is 2.25. The lowest BCUT2D eigenvalue weighted by atomic mass is 9.98. The Balaban J connectivity index is 1.55. The summed E-state index contributed by atoms with van der Waals surface area (Å²) in [6.07, 6.45) is 3.38. The maximum absolute atomic E-state index is 12.7. The first-order valence-electron chi connectivity index (χ1n) is 9.47. The van der Waals surface area contributed by atoms with Crippen LogP contribution in [0.1, 0.15) is 44.5 Å². The van der Waals surface area contributed by atoms with Crippen LogP contribution in [0.25, 0.3) is 0 Å². The van der Waals surface area contributed by atoms with E-state index in [1.165, 1.54) is 23.7 Å². The zero-order chi connectivity index (χ0) is 19.4. The van der Waals surface area contributed by atoms with Crippen LogP contribution in [0.4, 0.5) is 0 Å². The summed E-state index contributed by atoms with van der Waals surface area (Å²) in [6.45, 7) is 6.67. The molecule has 146 valence electrons. The van der Waals surface area contributed by atoms with E-state index in [1.54, 1.807) is 0 Å². The summed E-state index contributed by atoms with van der Waals surface area (Å²) in [5.74, 6) is 2.12. The van der Waals surface area contributed by atoms with E-state index in [2.05, 4.69) is 24.0 Å². The van der Waals surface area contributed by atoms with Gasteiger partial charge in [-0.2, -0.15) is 0 Å². The van der Waals surface area contributed by atoms with Crippen LogP contribution in [0.3, 0.4) is 0 Å². The maximum Gasteiger partial charge on any atom is 0.233 e. The van der Waals surface area contributed by atoms with Gasteiger partial charge in [-0.15, -0.1) is 10.2 Å². The summed E-state index contributed by atoms with van der Waals surface area (Å²) in [5, 5.41) is 9.17. The molecule has 6 nitrogen and oxygen atoms in total. The standard InChI is InChI=1S/C20H28N4O2S/c1-14-8-10-17(11-9-14)26-12-18-21-22-20(23(18)4)27-13-19(25)24-15(2)6-5-7-16(24)3/h8-11,15-16H,5-7,12-13H2,1-4H3. The minimum absolute atomic E-state index is 0.181. The van der Waals surface area contributed by atoms with Crippen LogP contribution in [-0.4, -0.2) is 43.4 Å². The van der Waals surface area contributed by atoms with Gasteiger partial charge in [-0.05, 0) is 52.2 Å². The molecule has 3 rings (SSSR count). The van der Waals surface area contributed by atoms with E-state index in [4.69, 9.17) is 4.74 Å². The van der Waals surface area contributed by atoms with E-state index in [0.717, 1.165) is 29.6 Å². The van der Waals surface area contributed by atoms with Gasteiger partial charge in [0.25, 0.3) is 0 Å². The third kappa shape index (κ3) is 4.83. The van der Waals surface area contributed by atoms with Gasteiger partial charge in [-0.3, -0.25) is 4.79 Å². The molecule has 1 fully saturated rings. The summed E-state index contributed by atoms with van der Waals surface area (Å²) in [7, 11) is 1.91. The van der Waals surface area contributed by atoms with E-state index in [1.807, 2.05) is 47.7 Å². The van der Waals surface area contributed by atoms with Crippen molar-refractivity contribution in [2.75, 3.05) is 5.75 Å². The fraction of sp³-hybridized carbons (Fsp3) is 0.550. The Morgan fingerprint density at radius 2 is 1.85 bits per heavy atom. The summed E-state index contributed by atoms with van der Waals surface area (Å²) in [6, 6.07) is 8.56. The zero-order valence-electron chi connectivity index (χ0n) is 16.5. The Kier molecular flexibility index (Phi) is 6.42. The Hall–Kier alpha value is -2.02. The topological polar surface area (TPSA) is 60.3 Å². The van der Waals surface area contributed by atoms with Crippen LogP contribution in [0, 0.1) is 6.92 Å². The SMILES string of the molecule is Cc1ccc(OCc2nnc(SCC(=O)N3C(C)CCCC3C)n2C)cc1. The fourth-order valence-electron chi connectivity index (χ4n) is 3.49. The molecule has 2 atom stereocenters. The normalized spacial score (nSPS) is 19.9. The molecule has 27 heavy (non-hydrogen) atoms. The molecule has 1 amide bonds. The largest absolute Gasteiger partial charge is 0.486 e. The molecule has 1 aliphatic rings. The molecule has 0 N–H and O–H groups in total. The van der Waals surface area contributed by atoms with Crippen LogP contribution in [0.15, 0.2) is 29.4 Å². The van der Waals surface area contributed by atoms with E-state index < -0.39 is 0 Å². The monoisotopic (exact) mass is 388 g/mol. The van der Waals surface area contributed by atoms with Crippen molar-refractivity contribution in [3.63, 3.8) is 0 Å². The van der Waals surface area contributed by atoms with Gasteiger partial charge in [0.1, 0.15) is 12.4 Å². The highest BCUT2D eigenvalue weighted by molar-refractivity contribution is 7.99. The summed E-state index contributed by atoms with van der Waals surface area (Å²) >= 11 is 1.44. The van der Waals surface area contributed by atoms with Crippen LogP contribution in [0.5, 0.6) is 5.75 Å². The molecule has 1 aromatic carbocycles. The molecule has 2 unspecified atom stereocenters. The number of rotatable bonds is 6. The predicted octanol–water partition coefficient (Wildman–Crippen LogP) is 3.58. The molecule has 2 aromatic rings. The number of hydrogen-bond donors (Lipinski definition) is 0. The number of hydrogen-bond acceptors (Lipinski definition) is 5. The van der Waals surface area contributed by atoms with Crippen molar-refractivity contribution in [2.24, 2.45) is 7.05 Å². The molecular weight excluding hydrogens is 360 g/mol. The second-order valence-corrected chi connectivity index (χ2v) is 8.22. The minimum Gasteiger partial charge on any atom is -0.486 e. The fourth-order valence-corrected chi connectivity index (χ4v) is 4.29. The molecule has 0 spiro atoms. The van der Waals surface area contributed by atoms with Gasteiger partial charge in [0.15, 0.2) is 11.0 Å². The van der Waals surface area contributed by atoms with Gasteiger partial charge < -0.3 is 14.2 Å². The summed E-state index contributed by atoms with van der Waals surface area (Å²) in [5.41, 5.74) is 1.20. The Morgan fingerprint density at radius 3 is 2.52 bits per heavy atom. The van der Waals surface area contributed by atoms with Crippen LogP contribution in [0.2, 0.25) is 0 Å². The number of amides is 1. The van der Waals surface area contributed by atoms with Gasteiger partial charge >= 0.3 is 0 Å². The highest BCUT2D eigenvalue weighted by atomic mass is 32.2. The smallest absolute Gasteiger partial charge is 0.233 e. The van der Waals surface area contributed by atoms with Crippen LogP contribution < -0.4 is 4.74 Å². The molecule has 1 saturated heterocycles. The third-order valence-electron chi connectivity index (χ3n) is 5.12. The number of likely N-dealkylation sites (tertiary alicyclic amines) is 1. The lowest BCUT2D eigenvalue weighted by Gasteiger charge is -2.39. The van der Waals surface area contributed by atoms with Crippen molar-refractivity contribution < 1.29 is 9.53 Å². The Bertz CT molecular complexity index is 765. The molecule has 0 radical (unpaired) electrons. The summed E-state index contributed by atoms with van der Waals surface area (Å²) < 4.78 is 7.68. The number of benzene rings is 1. The quantitative estimate of drug-likeness (QED) is 0.708. The van der Waals surface area contributed by atoms with Crippen molar-refractivity contribution in [3.8, 4) is 5.75 Å². The van der Waals surface area contributed by atoms with E-state index in [0.29, 0.717) is 24.4 Å². The number of aryl methyl sites for hydroxylation is 1. The molecule has 0 saturated carbocycles. The molecule has 2 heterocycles. The number of thioether (sulfide) groups is 1. The van der Waals surface area contributed by atoms with Crippen LogP contribution >= 0.6 is 11.8 Å². The first kappa shape index (κ1) is 19.7. The van der Waals surface area contributed by atoms with Gasteiger partial charge in [0.2, 0.25) is 5.91 Å². The number of nitrogens with zero attached hydrogens (tertiary/aromatic N) is 4. The zero-order valence-corrected chi connectivity index (χ0v) is 17.3. The van der Waals surface area contributed by atoms with Crippen molar-refractivity contribution in [1.29, 1.82) is 0 Å². The molecule has 0 aliphatic carbocycles. The van der Waals surface area contributed by atoms with Gasteiger partial charge in [-0.1, -0.05) is 29.5 Å². The molecule has 1 aromatic heterocycles. The van der Waals surface area contributed by atoms with E-state index in [-0.39, 0.29) is 5.91 Å². The number of carbonyl (C=O) groups is 1. The summed E-state index contributed by atoms with van der Waals surface area (Å²) in [4.78, 5) is 14.7. The first-order chi connectivity index (χ1) is 13.0. The second-order valence-electron chi connectivity index (χ2n) is 7.28. The number of piperidine rings is 1. The molecular formula is C20H28N4O2S. The van der Waals surface area contributed by atoms with Gasteiger partial charge in [0, 0.05) is 19.1 Å². The number of ether oxygens (including phenoxy) is 1. The highest BCUT2D eigenvalue weighted by Gasteiger charge is 2.29. The van der Waals surface area contributed by atoms with E-state index >= 15 is 0 Å². The second kappa shape index (κ2) is 8.78. The molecule has 1 aliphatic heterocycles. The molecule has 7 heteroatoms. The van der Waals surface area contributed by atoms with Crippen molar-refractivity contribution in [1.82, 2.24) is 19.7 Å². The minimum atomic E-state index is 0.181. The number of carbonyl (C=O) groups excluding carboxylic acids is 1. The third-order valence-corrected chi connectivity index (χ3v) is 6.13. The van der Waals surface area contributed by atoms with Crippen molar-refractivity contribution in [3.05, 3.63) is 35.7 Å². The lowest BCUT2D eigenvalue weighted by Crippen LogP contribution is -2.48. The number of aromatic nitrogens is 3. The van der Waals surface area contributed by atoms with Gasteiger partial charge in [-0.25, -0.2) is 0 Å². The predicted molar refractivity (Wildman–Crippen MR) is 107 cm³/mol. The maximum atomic E-state index is 12.7. The van der Waals surface area contributed by atoms with E-state index in [9.17, 15) is 4.79 Å². The van der Waals surface area contributed by atoms with Crippen molar-refractivity contribution in [2.45, 2.75) is 63.9 Å². The first-order valence-corrected chi connectivity index (χ1v) is 10.5.